The van der Waals surface area contributed by atoms with Crippen molar-refractivity contribution in [3.8, 4) is 0 Å². The number of esters is 1. The number of rotatable bonds is 4. The van der Waals surface area contributed by atoms with Crippen LogP contribution in [0.15, 0.2) is 78.9 Å². The van der Waals surface area contributed by atoms with Crippen molar-refractivity contribution in [3.63, 3.8) is 0 Å². The second-order valence-corrected chi connectivity index (χ2v) is 10.0. The number of nitrogens with one attached hydrogen (secondary N) is 1. The average Bonchev–Trinajstić information content (AvgIpc) is 2.94. The molecule has 1 aliphatic carbocycles. The second-order valence-electron chi connectivity index (χ2n) is 10.0. The van der Waals surface area contributed by atoms with E-state index in [0.29, 0.717) is 40.2 Å². The molecule has 7 heteroatoms. The lowest BCUT2D eigenvalue weighted by Crippen LogP contribution is -2.44. The Labute approximate surface area is 226 Å². The fraction of sp³-hybridized carbons (Fsp3) is 0.188. The summed E-state index contributed by atoms with van der Waals surface area (Å²) in [4.78, 5) is 45.3. The van der Waals surface area contributed by atoms with Gasteiger partial charge in [0, 0.05) is 5.39 Å². The van der Waals surface area contributed by atoms with Gasteiger partial charge in [0.1, 0.15) is 6.54 Å². The molecule has 0 fully saturated rings. The Morgan fingerprint density at radius 2 is 1.74 bits per heavy atom. The summed E-state index contributed by atoms with van der Waals surface area (Å²) in [5.74, 6) is -1.03. The zero-order valence-corrected chi connectivity index (χ0v) is 21.5. The fourth-order valence-electron chi connectivity index (χ4n) is 5.45. The van der Waals surface area contributed by atoms with Crippen molar-refractivity contribution in [2.45, 2.75) is 19.8 Å². The zero-order chi connectivity index (χ0) is 26.9. The Balaban J connectivity index is 1.35. The molecule has 1 aliphatic heterocycles. The first-order chi connectivity index (χ1) is 19.0. The third kappa shape index (κ3) is 4.79. The second kappa shape index (κ2) is 10.2. The Hall–Kier alpha value is -4.78. The van der Waals surface area contributed by atoms with E-state index in [0.717, 1.165) is 28.8 Å². The molecule has 0 radical (unpaired) electrons. The van der Waals surface area contributed by atoms with Gasteiger partial charge in [0.05, 0.1) is 28.1 Å². The molecule has 6 rings (SSSR count). The smallest absolute Gasteiger partial charge is 0.339 e. The van der Waals surface area contributed by atoms with E-state index in [4.69, 9.17) is 9.72 Å². The summed E-state index contributed by atoms with van der Waals surface area (Å²) in [6.07, 6.45) is 3.65. The Morgan fingerprint density at radius 3 is 2.59 bits per heavy atom. The molecule has 1 N–H and O–H groups in total. The number of amides is 2. The number of carbonyl (C=O) groups excluding carboxylic acids is 3. The van der Waals surface area contributed by atoms with Crippen LogP contribution >= 0.6 is 0 Å². The summed E-state index contributed by atoms with van der Waals surface area (Å²) in [6, 6.07) is 24.7. The van der Waals surface area contributed by atoms with E-state index in [-0.39, 0.29) is 12.5 Å². The highest BCUT2D eigenvalue weighted by Gasteiger charge is 2.31. The van der Waals surface area contributed by atoms with Crippen molar-refractivity contribution in [1.82, 2.24) is 4.98 Å². The molecular weight excluding hydrogens is 490 g/mol. The van der Waals surface area contributed by atoms with E-state index in [9.17, 15) is 14.4 Å². The quantitative estimate of drug-likeness (QED) is 0.361. The van der Waals surface area contributed by atoms with Crippen molar-refractivity contribution >= 4 is 51.7 Å². The number of benzene rings is 3. The van der Waals surface area contributed by atoms with Crippen LogP contribution in [0.3, 0.4) is 0 Å². The summed E-state index contributed by atoms with van der Waals surface area (Å²) in [5.41, 5.74) is 6.06. The van der Waals surface area contributed by atoms with E-state index < -0.39 is 18.5 Å². The lowest BCUT2D eigenvalue weighted by Gasteiger charge is -2.29. The van der Waals surface area contributed by atoms with E-state index in [1.165, 1.54) is 4.90 Å². The standard InChI is InChI=1S/C32H27N3O4/c1-20-15-22(17-21-9-3-2-4-10-21)31-24(16-20)30(23-11-5-6-12-25(23)34-31)32(38)39-19-29(37)35-18-28(36)33-26-13-7-8-14-27(26)35/h2-14,17,20H,15-16,18-19H2,1H3,(H,33,36)/b22-17+. The number of hydrogen-bond acceptors (Lipinski definition) is 5. The predicted molar refractivity (Wildman–Crippen MR) is 151 cm³/mol. The SMILES string of the molecule is CC1C/C(=C\c2ccccc2)c2nc3ccccc3c(C(=O)OCC(=O)N3CC(=O)Nc4ccccc43)c2C1. The number of aromatic nitrogens is 1. The number of carbonyl (C=O) groups is 3. The number of para-hydroxylation sites is 3. The lowest BCUT2D eigenvalue weighted by molar-refractivity contribution is -0.124. The van der Waals surface area contributed by atoms with Gasteiger partial charge in [0.2, 0.25) is 5.91 Å². The molecule has 1 aromatic heterocycles. The maximum Gasteiger partial charge on any atom is 0.339 e. The van der Waals surface area contributed by atoms with Crippen LogP contribution in [0.4, 0.5) is 11.4 Å². The Morgan fingerprint density at radius 1 is 1.00 bits per heavy atom. The van der Waals surface area contributed by atoms with Crippen molar-refractivity contribution in [3.05, 3.63) is 101 Å². The monoisotopic (exact) mass is 517 g/mol. The van der Waals surface area contributed by atoms with Gasteiger partial charge in [-0.25, -0.2) is 9.78 Å². The molecule has 0 spiro atoms. The highest BCUT2D eigenvalue weighted by atomic mass is 16.5. The van der Waals surface area contributed by atoms with Crippen LogP contribution in [-0.4, -0.2) is 35.9 Å². The summed E-state index contributed by atoms with van der Waals surface area (Å²) in [7, 11) is 0. The molecule has 0 bridgehead atoms. The third-order valence-corrected chi connectivity index (χ3v) is 7.16. The van der Waals surface area contributed by atoms with Crippen LogP contribution in [0.25, 0.3) is 22.6 Å². The van der Waals surface area contributed by atoms with Gasteiger partial charge in [-0.05, 0) is 59.7 Å². The van der Waals surface area contributed by atoms with Gasteiger partial charge in [-0.15, -0.1) is 0 Å². The summed E-state index contributed by atoms with van der Waals surface area (Å²) in [5, 5.41) is 3.46. The molecule has 1 unspecified atom stereocenters. The molecule has 2 amide bonds. The number of fused-ring (bicyclic) bond motifs is 3. The minimum absolute atomic E-state index is 0.133. The van der Waals surface area contributed by atoms with Gasteiger partial charge in [0.15, 0.2) is 6.61 Å². The van der Waals surface area contributed by atoms with Crippen LogP contribution in [0, 0.1) is 5.92 Å². The predicted octanol–water partition coefficient (Wildman–Crippen LogP) is 5.50. The minimum Gasteiger partial charge on any atom is -0.452 e. The molecule has 4 aromatic rings. The van der Waals surface area contributed by atoms with Gasteiger partial charge in [-0.2, -0.15) is 0 Å². The van der Waals surface area contributed by atoms with Crippen molar-refractivity contribution in [2.75, 3.05) is 23.4 Å². The first-order valence-corrected chi connectivity index (χ1v) is 13.0. The molecule has 7 nitrogen and oxygen atoms in total. The van der Waals surface area contributed by atoms with E-state index in [1.54, 1.807) is 24.3 Å². The van der Waals surface area contributed by atoms with Gasteiger partial charge >= 0.3 is 5.97 Å². The molecule has 194 valence electrons. The van der Waals surface area contributed by atoms with Crippen LogP contribution in [0.1, 0.15) is 40.5 Å². The summed E-state index contributed by atoms with van der Waals surface area (Å²) >= 11 is 0. The lowest BCUT2D eigenvalue weighted by atomic mass is 9.80. The van der Waals surface area contributed by atoms with Crippen molar-refractivity contribution in [1.29, 1.82) is 0 Å². The van der Waals surface area contributed by atoms with Crippen LogP contribution in [0.2, 0.25) is 0 Å². The fourth-order valence-corrected chi connectivity index (χ4v) is 5.45. The molecule has 0 saturated carbocycles. The van der Waals surface area contributed by atoms with Crippen LogP contribution in [0.5, 0.6) is 0 Å². The third-order valence-electron chi connectivity index (χ3n) is 7.16. The molecular formula is C32H27N3O4. The first-order valence-electron chi connectivity index (χ1n) is 13.0. The van der Waals surface area contributed by atoms with Crippen molar-refractivity contribution in [2.24, 2.45) is 5.92 Å². The zero-order valence-electron chi connectivity index (χ0n) is 21.5. The van der Waals surface area contributed by atoms with Gasteiger partial charge in [-0.3, -0.25) is 14.5 Å². The average molecular weight is 518 g/mol. The van der Waals surface area contributed by atoms with E-state index >= 15 is 0 Å². The van der Waals surface area contributed by atoms with Gasteiger partial charge in [0.25, 0.3) is 5.91 Å². The number of ether oxygens (including phenoxy) is 1. The first kappa shape index (κ1) is 24.6. The van der Waals surface area contributed by atoms with Crippen LogP contribution < -0.4 is 10.2 Å². The maximum atomic E-state index is 13.7. The Kier molecular flexibility index (Phi) is 6.40. The van der Waals surface area contributed by atoms with Gasteiger partial charge < -0.3 is 10.1 Å². The number of allylic oxidation sites excluding steroid dienone is 1. The maximum absolute atomic E-state index is 13.7. The number of nitrogens with zero attached hydrogens (tertiary/aromatic N) is 2. The molecule has 2 aliphatic rings. The van der Waals surface area contributed by atoms with Gasteiger partial charge in [-0.1, -0.05) is 67.6 Å². The number of pyridine rings is 1. The molecule has 3 aromatic carbocycles. The highest BCUT2D eigenvalue weighted by molar-refractivity contribution is 6.11. The Bertz CT molecular complexity index is 1640. The largest absolute Gasteiger partial charge is 0.452 e. The normalized spacial score (nSPS) is 17.4. The van der Waals surface area contributed by atoms with Crippen LogP contribution in [-0.2, 0) is 20.7 Å². The highest BCUT2D eigenvalue weighted by Crippen LogP contribution is 2.39. The molecule has 39 heavy (non-hydrogen) atoms. The molecule has 0 saturated heterocycles. The number of anilines is 2. The topological polar surface area (TPSA) is 88.6 Å². The van der Waals surface area contributed by atoms with Crippen molar-refractivity contribution < 1.29 is 19.1 Å². The van der Waals surface area contributed by atoms with E-state index in [1.807, 2.05) is 54.6 Å². The summed E-state index contributed by atoms with van der Waals surface area (Å²) in [6.45, 7) is 1.55. The summed E-state index contributed by atoms with van der Waals surface area (Å²) < 4.78 is 5.65. The number of hydrogen-bond donors (Lipinski definition) is 1. The van der Waals surface area contributed by atoms with E-state index in [2.05, 4.69) is 18.3 Å². The minimum atomic E-state index is -0.568. The molecule has 2 heterocycles. The molecule has 1 atom stereocenters.